The molecule has 0 aliphatic carbocycles. The number of benzene rings is 2. The maximum atomic E-state index is 11.3. The number of aromatic nitrogens is 1. The Kier molecular flexibility index (Phi) is 6.02. The molecule has 4 rings (SSSR count). The second-order valence-electron chi connectivity index (χ2n) is 8.16. The Balaban J connectivity index is 1.47. The van der Waals surface area contributed by atoms with E-state index in [1.54, 1.807) is 6.08 Å². The fourth-order valence-electron chi connectivity index (χ4n) is 4.46. The van der Waals surface area contributed by atoms with Crippen molar-refractivity contribution < 1.29 is 9.53 Å². The first-order valence-corrected chi connectivity index (χ1v) is 10.4. The Morgan fingerprint density at radius 2 is 2.00 bits per heavy atom. The zero-order valence-electron chi connectivity index (χ0n) is 17.6. The Morgan fingerprint density at radius 3 is 2.77 bits per heavy atom. The van der Waals surface area contributed by atoms with Crippen LogP contribution in [0.4, 0.5) is 0 Å². The third-order valence-corrected chi connectivity index (χ3v) is 6.01. The van der Waals surface area contributed by atoms with Crippen LogP contribution in [-0.4, -0.2) is 41.6 Å². The number of hydrogen-bond acceptors (Lipinski definition) is 4. The maximum absolute atomic E-state index is 11.3. The molecule has 0 unspecified atom stereocenters. The zero-order valence-corrected chi connectivity index (χ0v) is 17.6. The first-order valence-electron chi connectivity index (χ1n) is 10.4. The third-order valence-electron chi connectivity index (χ3n) is 6.01. The Bertz CT molecular complexity index is 1050. The van der Waals surface area contributed by atoms with Crippen LogP contribution in [0.1, 0.15) is 28.8 Å². The van der Waals surface area contributed by atoms with Crippen LogP contribution in [0.5, 0.6) is 0 Å². The second-order valence-corrected chi connectivity index (χ2v) is 8.16. The number of rotatable bonds is 6. The SMILES string of the molecule is COC(=O)/C=C/c1ccc(CN2C[C@@H](N)C[C@@H]2Cc2c(C)[nH]c3ccccc23)cc1. The van der Waals surface area contributed by atoms with Gasteiger partial charge in [0.05, 0.1) is 7.11 Å². The summed E-state index contributed by atoms with van der Waals surface area (Å²) in [6.45, 7) is 3.95. The summed E-state index contributed by atoms with van der Waals surface area (Å²) < 4.78 is 4.64. The average molecular weight is 404 g/mol. The molecule has 1 saturated heterocycles. The highest BCUT2D eigenvalue weighted by Gasteiger charge is 2.31. The number of nitrogens with one attached hydrogen (secondary N) is 1. The summed E-state index contributed by atoms with van der Waals surface area (Å²) in [5.41, 5.74) is 12.4. The van der Waals surface area contributed by atoms with Crippen molar-refractivity contribution in [1.82, 2.24) is 9.88 Å². The lowest BCUT2D eigenvalue weighted by Gasteiger charge is -2.24. The topological polar surface area (TPSA) is 71.3 Å². The molecular formula is C25H29N3O2. The number of hydrogen-bond donors (Lipinski definition) is 2. The van der Waals surface area contributed by atoms with Gasteiger partial charge in [0.25, 0.3) is 0 Å². The van der Waals surface area contributed by atoms with E-state index < -0.39 is 0 Å². The number of nitrogens with zero attached hydrogens (tertiary/aromatic N) is 1. The molecule has 0 spiro atoms. The molecule has 5 heteroatoms. The lowest BCUT2D eigenvalue weighted by atomic mass is 10.00. The van der Waals surface area contributed by atoms with Crippen LogP contribution in [-0.2, 0) is 22.5 Å². The van der Waals surface area contributed by atoms with Gasteiger partial charge in [-0.3, -0.25) is 4.90 Å². The van der Waals surface area contributed by atoms with Gasteiger partial charge >= 0.3 is 5.97 Å². The van der Waals surface area contributed by atoms with Crippen LogP contribution < -0.4 is 5.73 Å². The summed E-state index contributed by atoms with van der Waals surface area (Å²) in [6.07, 6.45) is 5.22. The number of esters is 1. The number of methoxy groups -OCH3 is 1. The molecular weight excluding hydrogens is 374 g/mol. The van der Waals surface area contributed by atoms with Crippen molar-refractivity contribution in [3.63, 3.8) is 0 Å². The lowest BCUT2D eigenvalue weighted by Crippen LogP contribution is -2.31. The molecule has 3 N–H and O–H groups in total. The van der Waals surface area contributed by atoms with Crippen molar-refractivity contribution >= 4 is 22.9 Å². The van der Waals surface area contributed by atoms with Crippen LogP contribution >= 0.6 is 0 Å². The van der Waals surface area contributed by atoms with Gasteiger partial charge in [-0.1, -0.05) is 42.5 Å². The van der Waals surface area contributed by atoms with E-state index in [0.29, 0.717) is 6.04 Å². The number of para-hydroxylation sites is 1. The summed E-state index contributed by atoms with van der Waals surface area (Å²) in [6, 6.07) is 17.5. The first kappa shape index (κ1) is 20.4. The van der Waals surface area contributed by atoms with Crippen molar-refractivity contribution in [1.29, 1.82) is 0 Å². The molecule has 5 nitrogen and oxygen atoms in total. The molecule has 2 aromatic carbocycles. The summed E-state index contributed by atoms with van der Waals surface area (Å²) in [5.74, 6) is -0.347. The number of aryl methyl sites for hydroxylation is 1. The number of carbonyl (C=O) groups excluding carboxylic acids is 1. The van der Waals surface area contributed by atoms with Gasteiger partial charge in [0.15, 0.2) is 0 Å². The van der Waals surface area contributed by atoms with Gasteiger partial charge in [-0.2, -0.15) is 0 Å². The molecule has 30 heavy (non-hydrogen) atoms. The molecule has 0 radical (unpaired) electrons. The van der Waals surface area contributed by atoms with Crippen molar-refractivity contribution in [2.24, 2.45) is 5.73 Å². The van der Waals surface area contributed by atoms with Gasteiger partial charge in [0, 0.05) is 47.8 Å². The minimum atomic E-state index is -0.347. The molecule has 1 fully saturated rings. The van der Waals surface area contributed by atoms with Crippen LogP contribution in [0.2, 0.25) is 0 Å². The minimum absolute atomic E-state index is 0.211. The predicted molar refractivity (Wildman–Crippen MR) is 121 cm³/mol. The number of likely N-dealkylation sites (tertiary alicyclic amines) is 1. The standard InChI is InChI=1S/C25H29N3O2/c1-17-23(22-5-3-4-6-24(22)27-17)14-21-13-20(26)16-28(21)15-19-9-7-18(8-10-19)11-12-25(29)30-2/h3-12,20-21,27H,13-16,26H2,1-2H3/b12-11+/t20-,21+/m0/s1. The molecule has 1 aliphatic heterocycles. The van der Waals surface area contributed by atoms with Gasteiger partial charge in [-0.15, -0.1) is 0 Å². The van der Waals surface area contributed by atoms with Crippen LogP contribution in [0.25, 0.3) is 17.0 Å². The van der Waals surface area contributed by atoms with Crippen LogP contribution in [0.3, 0.4) is 0 Å². The number of H-pyrrole nitrogens is 1. The van der Waals surface area contributed by atoms with Gasteiger partial charge in [0.2, 0.25) is 0 Å². The largest absolute Gasteiger partial charge is 0.466 e. The van der Waals surface area contributed by atoms with E-state index in [2.05, 4.69) is 57.9 Å². The molecule has 156 valence electrons. The number of carbonyl (C=O) groups is 1. The predicted octanol–water partition coefficient (Wildman–Crippen LogP) is 3.81. The summed E-state index contributed by atoms with van der Waals surface area (Å²) >= 11 is 0. The second kappa shape index (κ2) is 8.86. The molecule has 1 aromatic heterocycles. The van der Waals surface area contributed by atoms with E-state index in [9.17, 15) is 4.79 Å². The molecule has 2 atom stereocenters. The van der Waals surface area contributed by atoms with E-state index in [-0.39, 0.29) is 12.0 Å². The monoisotopic (exact) mass is 403 g/mol. The number of fused-ring (bicyclic) bond motifs is 1. The highest BCUT2D eigenvalue weighted by Crippen LogP contribution is 2.28. The van der Waals surface area contributed by atoms with E-state index in [1.165, 1.54) is 40.9 Å². The highest BCUT2D eigenvalue weighted by atomic mass is 16.5. The van der Waals surface area contributed by atoms with E-state index in [4.69, 9.17) is 5.73 Å². The summed E-state index contributed by atoms with van der Waals surface area (Å²) in [5, 5.41) is 1.32. The Hall–Kier alpha value is -2.89. The smallest absolute Gasteiger partial charge is 0.330 e. The summed E-state index contributed by atoms with van der Waals surface area (Å²) in [4.78, 5) is 17.3. The molecule has 2 heterocycles. The van der Waals surface area contributed by atoms with Gasteiger partial charge in [0.1, 0.15) is 0 Å². The van der Waals surface area contributed by atoms with Crippen LogP contribution in [0.15, 0.2) is 54.6 Å². The molecule has 0 saturated carbocycles. The van der Waals surface area contributed by atoms with Gasteiger partial charge in [-0.25, -0.2) is 4.79 Å². The Morgan fingerprint density at radius 1 is 1.23 bits per heavy atom. The first-order chi connectivity index (χ1) is 14.5. The zero-order chi connectivity index (χ0) is 21.1. The normalized spacial score (nSPS) is 19.7. The van der Waals surface area contributed by atoms with Gasteiger partial charge in [-0.05, 0) is 48.6 Å². The lowest BCUT2D eigenvalue weighted by molar-refractivity contribution is -0.134. The van der Waals surface area contributed by atoms with Crippen molar-refractivity contribution in [3.8, 4) is 0 Å². The van der Waals surface area contributed by atoms with E-state index in [1.807, 2.05) is 12.1 Å². The average Bonchev–Trinajstić information content (AvgIpc) is 3.26. The molecule has 0 amide bonds. The fourth-order valence-corrected chi connectivity index (χ4v) is 4.46. The fraction of sp³-hybridized carbons (Fsp3) is 0.320. The number of ether oxygens (including phenoxy) is 1. The molecule has 1 aliphatic rings. The van der Waals surface area contributed by atoms with E-state index >= 15 is 0 Å². The third kappa shape index (κ3) is 4.48. The maximum Gasteiger partial charge on any atom is 0.330 e. The Labute approximate surface area is 177 Å². The minimum Gasteiger partial charge on any atom is -0.466 e. The van der Waals surface area contributed by atoms with Crippen molar-refractivity contribution in [3.05, 3.63) is 77.0 Å². The number of aromatic amines is 1. The van der Waals surface area contributed by atoms with Crippen molar-refractivity contribution in [2.75, 3.05) is 13.7 Å². The van der Waals surface area contributed by atoms with Crippen molar-refractivity contribution in [2.45, 2.75) is 38.4 Å². The summed E-state index contributed by atoms with van der Waals surface area (Å²) in [7, 11) is 1.38. The van der Waals surface area contributed by atoms with Gasteiger partial charge < -0.3 is 15.5 Å². The molecule has 0 bridgehead atoms. The number of nitrogens with two attached hydrogens (primary N) is 1. The molecule has 3 aromatic rings. The van der Waals surface area contributed by atoms with Crippen LogP contribution in [0, 0.1) is 6.92 Å². The highest BCUT2D eigenvalue weighted by molar-refractivity contribution is 5.87. The van der Waals surface area contributed by atoms with E-state index in [0.717, 1.165) is 31.5 Å². The quantitative estimate of drug-likeness (QED) is 0.485.